The lowest BCUT2D eigenvalue weighted by Gasteiger charge is -2.41. The molecule has 0 saturated carbocycles. The second-order valence-electron chi connectivity index (χ2n) is 4.18. The topological polar surface area (TPSA) is 77.0 Å². The molecule has 0 saturated heterocycles. The van der Waals surface area contributed by atoms with E-state index in [4.69, 9.17) is 5.11 Å². The third-order valence-electron chi connectivity index (χ3n) is 2.78. The Labute approximate surface area is 97.6 Å². The van der Waals surface area contributed by atoms with E-state index >= 15 is 0 Å². The third kappa shape index (κ3) is 7.62. The first-order valence-electron chi connectivity index (χ1n) is 6.14. The number of hydrogen-bond acceptors (Lipinski definition) is 2. The number of rotatable bonds is 10. The van der Waals surface area contributed by atoms with Gasteiger partial charge in [0.1, 0.15) is 0 Å². The summed E-state index contributed by atoms with van der Waals surface area (Å²) in [4.78, 5) is 10.4. The first-order valence-corrected chi connectivity index (χ1v) is 6.14. The van der Waals surface area contributed by atoms with Gasteiger partial charge in [-0.2, -0.15) is 0 Å². The quantitative estimate of drug-likeness (QED) is 0.320. The fourth-order valence-corrected chi connectivity index (χ4v) is 1.60. The Morgan fingerprint density at radius 2 is 2.00 bits per heavy atom. The zero-order valence-corrected chi connectivity index (χ0v) is 10.4. The minimum absolute atomic E-state index is 0.0317. The zero-order chi connectivity index (χ0) is 12.4. The van der Waals surface area contributed by atoms with Gasteiger partial charge in [0.05, 0.1) is 39.1 Å². The Morgan fingerprint density at radius 1 is 1.31 bits per heavy atom. The Kier molecular flexibility index (Phi) is 8.15. The fraction of sp³-hybridized carbons (Fsp3) is 0.909. The van der Waals surface area contributed by atoms with Crippen LogP contribution in [-0.2, 0) is 4.79 Å². The van der Waals surface area contributed by atoms with Crippen LogP contribution in [0, 0.1) is 5.21 Å². The van der Waals surface area contributed by atoms with Gasteiger partial charge in [-0.3, -0.25) is 4.79 Å². The van der Waals surface area contributed by atoms with Crippen molar-refractivity contribution in [1.82, 2.24) is 0 Å². The highest BCUT2D eigenvalue weighted by atomic mass is 16.5. The van der Waals surface area contributed by atoms with Gasteiger partial charge in [-0.25, -0.2) is 0 Å². The highest BCUT2D eigenvalue weighted by molar-refractivity contribution is 5.66. The molecule has 0 spiro atoms. The molecule has 0 heterocycles. The molecule has 0 aromatic carbocycles. The van der Waals surface area contributed by atoms with Crippen molar-refractivity contribution in [3.63, 3.8) is 0 Å². The van der Waals surface area contributed by atoms with Crippen molar-refractivity contribution in [1.29, 1.82) is 0 Å². The maximum atomic E-state index is 12.1. The summed E-state index contributed by atoms with van der Waals surface area (Å²) in [6, 6.07) is 0. The molecule has 5 nitrogen and oxygen atoms in total. The molecule has 96 valence electrons. The number of carboxylic acid groups (broad SMARTS) is 1. The van der Waals surface area contributed by atoms with Crippen molar-refractivity contribution in [3.8, 4) is 0 Å². The average Bonchev–Trinajstić information content (AvgIpc) is 2.26. The summed E-state index contributed by atoms with van der Waals surface area (Å²) in [6.07, 6.45) is 1.97. The Morgan fingerprint density at radius 3 is 2.50 bits per heavy atom. The van der Waals surface area contributed by atoms with Crippen molar-refractivity contribution >= 4 is 5.97 Å². The number of carboxylic acids is 1. The van der Waals surface area contributed by atoms with Crippen LogP contribution in [-0.4, -0.2) is 48.4 Å². The number of quaternary nitrogens is 2. The van der Waals surface area contributed by atoms with Gasteiger partial charge in [-0.05, 0) is 13.3 Å². The summed E-state index contributed by atoms with van der Waals surface area (Å²) in [5, 5.41) is 22.8. The summed E-state index contributed by atoms with van der Waals surface area (Å²) >= 11 is 0. The smallest absolute Gasteiger partial charge is 0.309 e. The van der Waals surface area contributed by atoms with Crippen LogP contribution in [0.4, 0.5) is 0 Å². The van der Waals surface area contributed by atoms with Crippen LogP contribution in [0.25, 0.3) is 0 Å². The van der Waals surface area contributed by atoms with Gasteiger partial charge in [0.15, 0.2) is 0 Å². The van der Waals surface area contributed by atoms with E-state index in [0.717, 1.165) is 25.9 Å². The van der Waals surface area contributed by atoms with Crippen LogP contribution in [0.3, 0.4) is 0 Å². The van der Waals surface area contributed by atoms with Crippen molar-refractivity contribution in [3.05, 3.63) is 5.21 Å². The van der Waals surface area contributed by atoms with E-state index in [1.807, 2.05) is 6.92 Å². The molecule has 3 N–H and O–H groups in total. The summed E-state index contributed by atoms with van der Waals surface area (Å²) < 4.78 is -0.369. The lowest BCUT2D eigenvalue weighted by Crippen LogP contribution is -2.84. The van der Waals surface area contributed by atoms with Gasteiger partial charge >= 0.3 is 5.97 Å². The van der Waals surface area contributed by atoms with Gasteiger partial charge in [-0.1, -0.05) is 6.92 Å². The molecule has 0 fully saturated rings. The lowest BCUT2D eigenvalue weighted by atomic mass is 10.3. The van der Waals surface area contributed by atoms with Gasteiger partial charge in [0.25, 0.3) is 0 Å². The Bertz CT molecular complexity index is 200. The molecule has 0 aliphatic rings. The molecule has 0 rings (SSSR count). The number of hydroxylamine groups is 3. The SMILES string of the molecule is CCC[NH2+]CCC[N+]([O-])(CC)CCC(=O)O. The van der Waals surface area contributed by atoms with Crippen molar-refractivity contribution in [2.24, 2.45) is 0 Å². The first-order chi connectivity index (χ1) is 7.54. The number of nitrogens with zero attached hydrogens (tertiary/aromatic N) is 1. The van der Waals surface area contributed by atoms with E-state index in [1.165, 1.54) is 0 Å². The van der Waals surface area contributed by atoms with E-state index in [2.05, 4.69) is 12.2 Å². The minimum Gasteiger partial charge on any atom is -0.633 e. The standard InChI is InChI=1S/C11H24N2O3/c1-3-7-12-8-5-9-13(16,4-2)10-6-11(14)15/h12H,3-10H2,1-2H3,(H,14,15)/p+1. The molecule has 5 heteroatoms. The predicted molar refractivity (Wildman–Crippen MR) is 62.7 cm³/mol. The highest BCUT2D eigenvalue weighted by Crippen LogP contribution is 2.06. The summed E-state index contributed by atoms with van der Waals surface area (Å²) in [5.41, 5.74) is 0. The molecule has 0 aliphatic heterocycles. The molecule has 0 aromatic rings. The molecule has 16 heavy (non-hydrogen) atoms. The van der Waals surface area contributed by atoms with Gasteiger partial charge < -0.3 is 20.3 Å². The monoisotopic (exact) mass is 233 g/mol. The largest absolute Gasteiger partial charge is 0.633 e. The van der Waals surface area contributed by atoms with Gasteiger partial charge in [0.2, 0.25) is 0 Å². The maximum absolute atomic E-state index is 12.1. The molecule has 0 aromatic heterocycles. The minimum atomic E-state index is -0.885. The summed E-state index contributed by atoms with van der Waals surface area (Å²) in [6.45, 7) is 7.20. The lowest BCUT2D eigenvalue weighted by molar-refractivity contribution is -0.880. The average molecular weight is 233 g/mol. The Balaban J connectivity index is 3.74. The number of nitrogens with two attached hydrogens (primary N) is 1. The van der Waals surface area contributed by atoms with E-state index in [9.17, 15) is 10.0 Å². The predicted octanol–water partition coefficient (Wildman–Crippen LogP) is 0.159. The highest BCUT2D eigenvalue weighted by Gasteiger charge is 2.15. The maximum Gasteiger partial charge on any atom is 0.309 e. The van der Waals surface area contributed by atoms with Crippen molar-refractivity contribution in [2.45, 2.75) is 33.1 Å². The molecule has 0 radical (unpaired) electrons. The van der Waals surface area contributed by atoms with Crippen LogP contribution >= 0.6 is 0 Å². The molecular formula is C11H25N2O3+. The molecular weight excluding hydrogens is 208 g/mol. The van der Waals surface area contributed by atoms with Gasteiger partial charge in [0, 0.05) is 6.42 Å². The molecule has 0 amide bonds. The third-order valence-corrected chi connectivity index (χ3v) is 2.78. The van der Waals surface area contributed by atoms with E-state index < -0.39 is 5.97 Å². The van der Waals surface area contributed by atoms with E-state index in [-0.39, 0.29) is 17.6 Å². The van der Waals surface area contributed by atoms with Crippen LogP contribution in [0.5, 0.6) is 0 Å². The second-order valence-corrected chi connectivity index (χ2v) is 4.18. The van der Waals surface area contributed by atoms with Crippen LogP contribution in [0.2, 0.25) is 0 Å². The molecule has 1 atom stereocenters. The molecule has 1 unspecified atom stereocenters. The summed E-state index contributed by atoms with van der Waals surface area (Å²) in [7, 11) is 0. The fourth-order valence-electron chi connectivity index (χ4n) is 1.60. The van der Waals surface area contributed by atoms with Crippen molar-refractivity contribution < 1.29 is 19.9 Å². The number of carbonyl (C=O) groups is 1. The van der Waals surface area contributed by atoms with E-state index in [1.54, 1.807) is 0 Å². The molecule has 0 bridgehead atoms. The normalized spacial score (nSPS) is 14.7. The Hall–Kier alpha value is -0.650. The van der Waals surface area contributed by atoms with E-state index in [0.29, 0.717) is 13.1 Å². The molecule has 0 aliphatic carbocycles. The van der Waals surface area contributed by atoms with Crippen LogP contribution in [0.1, 0.15) is 33.1 Å². The van der Waals surface area contributed by atoms with Crippen LogP contribution in [0.15, 0.2) is 0 Å². The number of aliphatic carboxylic acids is 1. The summed E-state index contributed by atoms with van der Waals surface area (Å²) in [5.74, 6) is -0.885. The van der Waals surface area contributed by atoms with Crippen LogP contribution < -0.4 is 5.32 Å². The first kappa shape index (κ1) is 15.3. The van der Waals surface area contributed by atoms with Crippen molar-refractivity contribution in [2.75, 3.05) is 32.7 Å². The van der Waals surface area contributed by atoms with Gasteiger partial charge in [-0.15, -0.1) is 0 Å². The number of hydrogen-bond donors (Lipinski definition) is 2. The zero-order valence-electron chi connectivity index (χ0n) is 10.4. The second kappa shape index (κ2) is 8.50.